The van der Waals surface area contributed by atoms with Crippen LogP contribution in [0, 0.1) is 20.8 Å². The van der Waals surface area contributed by atoms with E-state index in [1.54, 1.807) is 23.1 Å². The zero-order valence-corrected chi connectivity index (χ0v) is 19.4. The molecule has 2 aromatic carbocycles. The maximum absolute atomic E-state index is 13.3. The molecule has 33 heavy (non-hydrogen) atoms. The summed E-state index contributed by atoms with van der Waals surface area (Å²) in [5.74, 6) is 1.64. The number of thioether (sulfide) groups is 1. The van der Waals surface area contributed by atoms with Crippen LogP contribution in [0.15, 0.2) is 81.4 Å². The standard InChI is InChI=1S/C26H22N4O2S/c1-16-8-10-20(18(3)12-16)24-28-19(14-32-24)15-33-26-29-22-7-5-4-6-21(22)25(31)30(26)23-11-9-17(2)13-27-23/h4-14H,15H2,1-3H3. The third-order valence-electron chi connectivity index (χ3n) is 5.38. The first-order valence-corrected chi connectivity index (χ1v) is 11.6. The number of rotatable bonds is 5. The Bertz CT molecular complexity index is 1520. The van der Waals surface area contributed by atoms with Crippen LogP contribution in [0.2, 0.25) is 0 Å². The van der Waals surface area contributed by atoms with Gasteiger partial charge >= 0.3 is 0 Å². The summed E-state index contributed by atoms with van der Waals surface area (Å²) in [7, 11) is 0. The molecule has 3 aromatic heterocycles. The fraction of sp³-hybridized carbons (Fsp3) is 0.154. The van der Waals surface area contributed by atoms with Gasteiger partial charge in [0.25, 0.3) is 5.56 Å². The molecule has 0 spiro atoms. The van der Waals surface area contributed by atoms with Crippen LogP contribution < -0.4 is 5.56 Å². The van der Waals surface area contributed by atoms with Crippen molar-refractivity contribution in [2.75, 3.05) is 0 Å². The largest absolute Gasteiger partial charge is 0.444 e. The van der Waals surface area contributed by atoms with Gasteiger partial charge in [-0.25, -0.2) is 19.5 Å². The minimum Gasteiger partial charge on any atom is -0.444 e. The van der Waals surface area contributed by atoms with Crippen LogP contribution in [0.1, 0.15) is 22.4 Å². The number of para-hydroxylation sites is 1. The van der Waals surface area contributed by atoms with E-state index in [9.17, 15) is 4.79 Å². The van der Waals surface area contributed by atoms with Crippen LogP contribution in [0.4, 0.5) is 0 Å². The van der Waals surface area contributed by atoms with E-state index in [0.717, 1.165) is 22.4 Å². The molecule has 0 unspecified atom stereocenters. The Kier molecular flexibility index (Phi) is 5.56. The third kappa shape index (κ3) is 4.19. The van der Waals surface area contributed by atoms with Gasteiger partial charge in [-0.05, 0) is 56.2 Å². The van der Waals surface area contributed by atoms with Gasteiger partial charge < -0.3 is 4.42 Å². The van der Waals surface area contributed by atoms with Crippen molar-refractivity contribution in [3.05, 3.63) is 99.8 Å². The van der Waals surface area contributed by atoms with E-state index in [1.165, 1.54) is 17.3 Å². The summed E-state index contributed by atoms with van der Waals surface area (Å²) >= 11 is 1.43. The van der Waals surface area contributed by atoms with Crippen molar-refractivity contribution >= 4 is 22.7 Å². The van der Waals surface area contributed by atoms with Crippen molar-refractivity contribution in [3.8, 4) is 17.3 Å². The van der Waals surface area contributed by atoms with Crippen molar-refractivity contribution in [2.24, 2.45) is 0 Å². The average molecular weight is 455 g/mol. The lowest BCUT2D eigenvalue weighted by atomic mass is 10.1. The molecule has 164 valence electrons. The Morgan fingerprint density at radius 3 is 2.58 bits per heavy atom. The fourth-order valence-corrected chi connectivity index (χ4v) is 4.57. The van der Waals surface area contributed by atoms with Gasteiger partial charge in [-0.15, -0.1) is 0 Å². The zero-order chi connectivity index (χ0) is 22.9. The summed E-state index contributed by atoms with van der Waals surface area (Å²) in [6.07, 6.45) is 3.41. The van der Waals surface area contributed by atoms with Crippen molar-refractivity contribution in [2.45, 2.75) is 31.7 Å². The van der Waals surface area contributed by atoms with E-state index in [-0.39, 0.29) is 5.56 Å². The second kappa shape index (κ2) is 8.67. The Balaban J connectivity index is 1.50. The number of oxazole rings is 1. The molecule has 0 bridgehead atoms. The lowest BCUT2D eigenvalue weighted by molar-refractivity contribution is 0.573. The van der Waals surface area contributed by atoms with Crippen molar-refractivity contribution < 1.29 is 4.42 Å². The van der Waals surface area contributed by atoms with Crippen LogP contribution in [0.5, 0.6) is 0 Å². The minimum absolute atomic E-state index is 0.143. The molecule has 0 N–H and O–H groups in total. The Labute approximate surface area is 195 Å². The van der Waals surface area contributed by atoms with Gasteiger partial charge in [0.2, 0.25) is 5.89 Å². The molecule has 0 radical (unpaired) electrons. The molecule has 0 aliphatic rings. The molecule has 0 fully saturated rings. The molecule has 0 aliphatic carbocycles. The van der Waals surface area contributed by atoms with Crippen LogP contribution >= 0.6 is 11.8 Å². The highest BCUT2D eigenvalue weighted by Gasteiger charge is 2.16. The Morgan fingerprint density at radius 1 is 0.970 bits per heavy atom. The van der Waals surface area contributed by atoms with E-state index in [1.807, 2.05) is 56.3 Å². The molecule has 6 nitrogen and oxygen atoms in total. The van der Waals surface area contributed by atoms with E-state index >= 15 is 0 Å². The predicted molar refractivity (Wildman–Crippen MR) is 131 cm³/mol. The summed E-state index contributed by atoms with van der Waals surface area (Å²) in [6.45, 7) is 6.08. The van der Waals surface area contributed by atoms with Gasteiger partial charge in [-0.1, -0.05) is 47.7 Å². The normalized spacial score (nSPS) is 11.2. The fourth-order valence-electron chi connectivity index (χ4n) is 3.69. The third-order valence-corrected chi connectivity index (χ3v) is 6.36. The smallest absolute Gasteiger partial charge is 0.267 e. The summed E-state index contributed by atoms with van der Waals surface area (Å²) in [6, 6.07) is 17.3. The van der Waals surface area contributed by atoms with Crippen LogP contribution in [0.3, 0.4) is 0 Å². The SMILES string of the molecule is Cc1ccc(-n2c(SCc3coc(-c4ccc(C)cc4C)n3)nc3ccccc3c2=O)nc1. The molecule has 0 atom stereocenters. The lowest BCUT2D eigenvalue weighted by Crippen LogP contribution is -2.22. The van der Waals surface area contributed by atoms with Crippen molar-refractivity contribution in [1.82, 2.24) is 19.5 Å². The molecule has 0 amide bonds. The first-order valence-electron chi connectivity index (χ1n) is 10.6. The van der Waals surface area contributed by atoms with Gasteiger partial charge in [0.15, 0.2) is 5.16 Å². The summed E-state index contributed by atoms with van der Waals surface area (Å²) in [5.41, 5.74) is 5.61. The van der Waals surface area contributed by atoms with Crippen molar-refractivity contribution in [1.29, 1.82) is 0 Å². The average Bonchev–Trinajstić information content (AvgIpc) is 3.27. The number of benzene rings is 2. The number of pyridine rings is 1. The van der Waals surface area contributed by atoms with Crippen molar-refractivity contribution in [3.63, 3.8) is 0 Å². The van der Waals surface area contributed by atoms with E-state index < -0.39 is 0 Å². The van der Waals surface area contributed by atoms with Gasteiger partial charge in [-0.3, -0.25) is 4.79 Å². The van der Waals surface area contributed by atoms with Gasteiger partial charge in [0.1, 0.15) is 12.1 Å². The molecule has 0 aliphatic heterocycles. The number of hydrogen-bond acceptors (Lipinski definition) is 6. The molecule has 0 saturated heterocycles. The second-order valence-electron chi connectivity index (χ2n) is 8.00. The number of nitrogens with zero attached hydrogens (tertiary/aromatic N) is 4. The summed E-state index contributed by atoms with van der Waals surface area (Å²) in [5, 5.41) is 1.12. The van der Waals surface area contributed by atoms with Gasteiger partial charge in [-0.2, -0.15) is 0 Å². The predicted octanol–water partition coefficient (Wildman–Crippen LogP) is 5.65. The number of aromatic nitrogens is 4. The number of aryl methyl sites for hydroxylation is 3. The summed E-state index contributed by atoms with van der Waals surface area (Å²) in [4.78, 5) is 27.2. The first-order chi connectivity index (χ1) is 16.0. The maximum atomic E-state index is 13.3. The highest BCUT2D eigenvalue weighted by Crippen LogP contribution is 2.27. The van der Waals surface area contributed by atoms with E-state index in [0.29, 0.717) is 33.5 Å². The molecule has 7 heteroatoms. The topological polar surface area (TPSA) is 73.8 Å². The molecule has 5 rings (SSSR count). The quantitative estimate of drug-likeness (QED) is 0.252. The zero-order valence-electron chi connectivity index (χ0n) is 18.6. The summed E-state index contributed by atoms with van der Waals surface area (Å²) < 4.78 is 7.32. The van der Waals surface area contributed by atoms with Crippen LogP contribution in [0.25, 0.3) is 28.2 Å². The highest BCUT2D eigenvalue weighted by atomic mass is 32.2. The molecule has 5 aromatic rings. The molecule has 3 heterocycles. The first kappa shape index (κ1) is 21.2. The Hall–Kier alpha value is -3.71. The number of fused-ring (bicyclic) bond motifs is 1. The molecular formula is C26H22N4O2S. The number of hydrogen-bond donors (Lipinski definition) is 0. The molecule has 0 saturated carbocycles. The van der Waals surface area contributed by atoms with Crippen LogP contribution in [-0.2, 0) is 5.75 Å². The monoisotopic (exact) mass is 454 g/mol. The Morgan fingerprint density at radius 2 is 1.79 bits per heavy atom. The molecular weight excluding hydrogens is 432 g/mol. The minimum atomic E-state index is -0.143. The van der Waals surface area contributed by atoms with Gasteiger partial charge in [0.05, 0.1) is 16.6 Å². The lowest BCUT2D eigenvalue weighted by Gasteiger charge is -2.12. The van der Waals surface area contributed by atoms with E-state index in [2.05, 4.69) is 23.0 Å². The van der Waals surface area contributed by atoms with Gasteiger partial charge in [0, 0.05) is 17.5 Å². The van der Waals surface area contributed by atoms with Crippen LogP contribution in [-0.4, -0.2) is 19.5 Å². The van der Waals surface area contributed by atoms with E-state index in [4.69, 9.17) is 9.40 Å². The highest BCUT2D eigenvalue weighted by molar-refractivity contribution is 7.98. The maximum Gasteiger partial charge on any atom is 0.267 e. The second-order valence-corrected chi connectivity index (χ2v) is 8.94.